The van der Waals surface area contributed by atoms with Crippen LogP contribution in [0.2, 0.25) is 0 Å². The van der Waals surface area contributed by atoms with Gasteiger partial charge in [0, 0.05) is 18.7 Å². The van der Waals surface area contributed by atoms with Crippen LogP contribution in [0.5, 0.6) is 5.75 Å². The van der Waals surface area contributed by atoms with Crippen molar-refractivity contribution >= 4 is 5.91 Å². The molecule has 1 saturated heterocycles. The highest BCUT2D eigenvalue weighted by Crippen LogP contribution is 2.35. The maximum absolute atomic E-state index is 12.6. The van der Waals surface area contributed by atoms with Crippen molar-refractivity contribution in [1.29, 1.82) is 0 Å². The number of rotatable bonds is 3. The summed E-state index contributed by atoms with van der Waals surface area (Å²) < 4.78 is 5.61. The van der Waals surface area contributed by atoms with Gasteiger partial charge in [-0.25, -0.2) is 0 Å². The first-order valence-corrected chi connectivity index (χ1v) is 6.94. The van der Waals surface area contributed by atoms with Crippen molar-refractivity contribution in [3.63, 3.8) is 0 Å². The molecular weight excluding hydrogens is 240 g/mol. The van der Waals surface area contributed by atoms with E-state index < -0.39 is 0 Å². The number of benzene rings is 1. The second-order valence-corrected chi connectivity index (χ2v) is 5.40. The predicted molar refractivity (Wildman–Crippen MR) is 73.3 cm³/mol. The molecule has 2 atom stereocenters. The van der Waals surface area contributed by atoms with Crippen molar-refractivity contribution in [3.05, 3.63) is 29.8 Å². The third-order valence-corrected chi connectivity index (χ3v) is 4.09. The van der Waals surface area contributed by atoms with Gasteiger partial charge < -0.3 is 15.0 Å². The first-order chi connectivity index (χ1) is 9.29. The average molecular weight is 260 g/mol. The van der Waals surface area contributed by atoms with E-state index in [-0.39, 0.29) is 11.8 Å². The molecule has 0 radical (unpaired) electrons. The zero-order valence-electron chi connectivity index (χ0n) is 11.3. The molecular formula is C15H20N2O2. The molecule has 0 aromatic heterocycles. The highest BCUT2D eigenvalue weighted by molar-refractivity contribution is 5.85. The summed E-state index contributed by atoms with van der Waals surface area (Å²) in [5.41, 5.74) is 1.05. The van der Waals surface area contributed by atoms with E-state index in [0.717, 1.165) is 37.4 Å². The Morgan fingerprint density at radius 3 is 3.16 bits per heavy atom. The second-order valence-electron chi connectivity index (χ2n) is 5.40. The van der Waals surface area contributed by atoms with Crippen molar-refractivity contribution in [3.8, 4) is 5.75 Å². The summed E-state index contributed by atoms with van der Waals surface area (Å²) in [6.45, 7) is 3.23. The van der Waals surface area contributed by atoms with Crippen LogP contribution in [0.1, 0.15) is 17.9 Å². The topological polar surface area (TPSA) is 41.6 Å². The van der Waals surface area contributed by atoms with E-state index in [9.17, 15) is 4.79 Å². The van der Waals surface area contributed by atoms with Gasteiger partial charge in [-0.3, -0.25) is 4.79 Å². The minimum absolute atomic E-state index is 0.107. The van der Waals surface area contributed by atoms with Crippen LogP contribution >= 0.6 is 0 Å². The lowest BCUT2D eigenvalue weighted by atomic mass is 10.00. The van der Waals surface area contributed by atoms with Crippen molar-refractivity contribution in [2.24, 2.45) is 5.92 Å². The molecule has 19 heavy (non-hydrogen) atoms. The number of amides is 1. The smallest absolute Gasteiger partial charge is 0.233 e. The summed E-state index contributed by atoms with van der Waals surface area (Å²) in [7, 11) is 1.96. The zero-order valence-corrected chi connectivity index (χ0v) is 11.3. The molecule has 0 bridgehead atoms. The number of nitrogens with zero attached hydrogens (tertiary/aromatic N) is 1. The SMILES string of the molecule is CNC[C@H]1CCN(C(=O)[C@H]2COc3ccccc32)C1. The molecule has 4 nitrogen and oxygen atoms in total. The summed E-state index contributed by atoms with van der Waals surface area (Å²) >= 11 is 0. The molecule has 0 aliphatic carbocycles. The number of nitrogens with one attached hydrogen (secondary N) is 1. The number of fused-ring (bicyclic) bond motifs is 1. The predicted octanol–water partition coefficient (Wildman–Crippen LogP) is 1.23. The second kappa shape index (κ2) is 5.21. The third kappa shape index (κ3) is 2.32. The molecule has 0 unspecified atom stereocenters. The van der Waals surface area contributed by atoms with Crippen LogP contribution in [-0.4, -0.2) is 44.1 Å². The van der Waals surface area contributed by atoms with Crippen molar-refractivity contribution in [2.45, 2.75) is 12.3 Å². The Labute approximate surface area is 113 Å². The van der Waals surface area contributed by atoms with Crippen LogP contribution in [-0.2, 0) is 4.79 Å². The van der Waals surface area contributed by atoms with E-state index in [4.69, 9.17) is 4.74 Å². The Hall–Kier alpha value is -1.55. The summed E-state index contributed by atoms with van der Waals surface area (Å²) in [4.78, 5) is 14.6. The van der Waals surface area contributed by atoms with Crippen molar-refractivity contribution < 1.29 is 9.53 Å². The fraction of sp³-hybridized carbons (Fsp3) is 0.533. The molecule has 2 aliphatic heterocycles. The molecule has 1 amide bonds. The first-order valence-electron chi connectivity index (χ1n) is 6.94. The maximum Gasteiger partial charge on any atom is 0.233 e. The van der Waals surface area contributed by atoms with Crippen LogP contribution in [0.25, 0.3) is 0 Å². The number of ether oxygens (including phenoxy) is 1. The number of carbonyl (C=O) groups is 1. The lowest BCUT2D eigenvalue weighted by Gasteiger charge is -2.20. The van der Waals surface area contributed by atoms with E-state index in [2.05, 4.69) is 5.32 Å². The minimum Gasteiger partial charge on any atom is -0.492 e. The van der Waals surface area contributed by atoms with Gasteiger partial charge in [-0.2, -0.15) is 0 Å². The molecule has 1 N–H and O–H groups in total. The van der Waals surface area contributed by atoms with Gasteiger partial charge in [-0.15, -0.1) is 0 Å². The Kier molecular flexibility index (Phi) is 3.42. The summed E-state index contributed by atoms with van der Waals surface area (Å²) in [6.07, 6.45) is 1.10. The van der Waals surface area contributed by atoms with E-state index >= 15 is 0 Å². The summed E-state index contributed by atoms with van der Waals surface area (Å²) in [5, 5.41) is 3.19. The number of hydrogen-bond acceptors (Lipinski definition) is 3. The molecule has 4 heteroatoms. The molecule has 102 valence electrons. The van der Waals surface area contributed by atoms with E-state index in [0.29, 0.717) is 12.5 Å². The molecule has 1 aromatic rings. The highest BCUT2D eigenvalue weighted by atomic mass is 16.5. The quantitative estimate of drug-likeness (QED) is 0.889. The van der Waals surface area contributed by atoms with Gasteiger partial charge in [-0.05, 0) is 32.0 Å². The minimum atomic E-state index is -0.107. The number of hydrogen-bond donors (Lipinski definition) is 1. The van der Waals surface area contributed by atoms with Gasteiger partial charge in [0.2, 0.25) is 5.91 Å². The Morgan fingerprint density at radius 1 is 1.47 bits per heavy atom. The summed E-state index contributed by atoms with van der Waals surface area (Å²) in [6, 6.07) is 7.87. The molecule has 2 heterocycles. The van der Waals surface area contributed by atoms with Gasteiger partial charge in [-0.1, -0.05) is 18.2 Å². The average Bonchev–Trinajstić information content (AvgIpc) is 3.05. The standard InChI is InChI=1S/C15H20N2O2/c1-16-8-11-6-7-17(9-11)15(18)13-10-19-14-5-3-2-4-12(13)14/h2-5,11,13,16H,6-10H2,1H3/t11-,13+/m1/s1. The van der Waals surface area contributed by atoms with Gasteiger partial charge in [0.25, 0.3) is 0 Å². The lowest BCUT2D eigenvalue weighted by molar-refractivity contribution is -0.132. The molecule has 0 spiro atoms. The monoisotopic (exact) mass is 260 g/mol. The van der Waals surface area contributed by atoms with Crippen LogP contribution in [0.4, 0.5) is 0 Å². The fourth-order valence-electron chi connectivity index (χ4n) is 3.08. The Bertz CT molecular complexity index is 475. The Balaban J connectivity index is 1.69. The van der Waals surface area contributed by atoms with Crippen LogP contribution in [0, 0.1) is 5.92 Å². The molecule has 3 rings (SSSR count). The lowest BCUT2D eigenvalue weighted by Crippen LogP contribution is -2.34. The number of carbonyl (C=O) groups excluding carboxylic acids is 1. The van der Waals surface area contributed by atoms with Crippen molar-refractivity contribution in [1.82, 2.24) is 10.2 Å². The number of para-hydroxylation sites is 1. The van der Waals surface area contributed by atoms with E-state index in [1.165, 1.54) is 0 Å². The maximum atomic E-state index is 12.6. The van der Waals surface area contributed by atoms with Gasteiger partial charge in [0.1, 0.15) is 18.3 Å². The Morgan fingerprint density at radius 2 is 2.32 bits per heavy atom. The van der Waals surface area contributed by atoms with Crippen LogP contribution < -0.4 is 10.1 Å². The van der Waals surface area contributed by atoms with E-state index in [1.54, 1.807) is 0 Å². The molecule has 1 fully saturated rings. The molecule has 2 aliphatic rings. The van der Waals surface area contributed by atoms with Crippen LogP contribution in [0.3, 0.4) is 0 Å². The zero-order chi connectivity index (χ0) is 13.2. The molecule has 0 saturated carbocycles. The van der Waals surface area contributed by atoms with Crippen LogP contribution in [0.15, 0.2) is 24.3 Å². The fourth-order valence-corrected chi connectivity index (χ4v) is 3.08. The largest absolute Gasteiger partial charge is 0.492 e. The first kappa shape index (κ1) is 12.5. The van der Waals surface area contributed by atoms with Gasteiger partial charge >= 0.3 is 0 Å². The number of likely N-dealkylation sites (tertiary alicyclic amines) is 1. The van der Waals surface area contributed by atoms with Crippen molar-refractivity contribution in [2.75, 3.05) is 33.3 Å². The summed E-state index contributed by atoms with van der Waals surface area (Å²) in [5.74, 6) is 1.58. The third-order valence-electron chi connectivity index (χ3n) is 4.09. The normalized spacial score (nSPS) is 25.2. The highest BCUT2D eigenvalue weighted by Gasteiger charge is 2.35. The van der Waals surface area contributed by atoms with E-state index in [1.807, 2.05) is 36.2 Å². The van der Waals surface area contributed by atoms with Gasteiger partial charge in [0.15, 0.2) is 0 Å². The van der Waals surface area contributed by atoms with Gasteiger partial charge in [0.05, 0.1) is 0 Å². The molecule has 1 aromatic carbocycles.